The van der Waals surface area contributed by atoms with Crippen molar-refractivity contribution in [3.05, 3.63) is 84.4 Å². The molecule has 0 amide bonds. The van der Waals surface area contributed by atoms with Gasteiger partial charge in [0.05, 0.1) is 0 Å². The summed E-state index contributed by atoms with van der Waals surface area (Å²) >= 11 is 0. The molecule has 0 unspecified atom stereocenters. The normalized spacial score (nSPS) is 5.88. The maximum Gasteiger partial charge on any atom is 0 e. The fourth-order valence-electron chi connectivity index (χ4n) is 1.07. The molecule has 0 bridgehead atoms. The molecule has 0 aromatic heterocycles. The molecule has 2 aromatic rings. The molecule has 0 aliphatic heterocycles. The molecule has 0 spiro atoms. The summed E-state index contributed by atoms with van der Waals surface area (Å²) in [6.45, 7) is 17.4. The fourth-order valence-corrected chi connectivity index (χ4v) is 1.07. The van der Waals surface area contributed by atoms with Crippen molar-refractivity contribution in [3.63, 3.8) is 0 Å². The van der Waals surface area contributed by atoms with Crippen molar-refractivity contribution in [2.75, 3.05) is 0 Å². The summed E-state index contributed by atoms with van der Waals surface area (Å²) in [6, 6.07) is 20.5. The summed E-state index contributed by atoms with van der Waals surface area (Å²) in [7, 11) is 0. The van der Waals surface area contributed by atoms with Gasteiger partial charge in [0.1, 0.15) is 0 Å². The van der Waals surface area contributed by atoms with Gasteiger partial charge in [0, 0.05) is 9.84 Å². The molecule has 2 rings (SSSR count). The van der Waals surface area contributed by atoms with Crippen LogP contribution in [-0.4, -0.2) is 8.41 Å². The van der Waals surface area contributed by atoms with Crippen molar-refractivity contribution in [1.29, 1.82) is 0 Å². The van der Waals surface area contributed by atoms with E-state index in [-0.39, 0.29) is 32.1 Å². The van der Waals surface area contributed by atoms with Gasteiger partial charge in [0.2, 0.25) is 0 Å². The number of hydrogen-bond donors (Lipinski definition) is 0. The molecule has 2 aromatic carbocycles. The maximum atomic E-state index is 3.36. The molecule has 0 saturated heterocycles. The lowest BCUT2D eigenvalue weighted by atomic mass is 10.2. The van der Waals surface area contributed by atoms with Crippen LogP contribution in [0.1, 0.15) is 69.5 Å². The summed E-state index contributed by atoms with van der Waals surface area (Å²) in [6.07, 6.45) is 1.75. The Kier molecular flexibility index (Phi) is 75.3. The molecule has 3 radical (unpaired) electrons. The van der Waals surface area contributed by atoms with Gasteiger partial charge in [-0.25, -0.2) is 0 Å². The van der Waals surface area contributed by atoms with E-state index in [1.165, 1.54) is 11.1 Å². The van der Waals surface area contributed by atoms with Gasteiger partial charge >= 0.3 is 0 Å². The molecule has 0 nitrogen and oxygen atoms in total. The van der Waals surface area contributed by atoms with Gasteiger partial charge in [-0.1, -0.05) is 128 Å². The van der Waals surface area contributed by atoms with Crippen molar-refractivity contribution in [2.45, 2.75) is 70.7 Å². The minimum absolute atomic E-state index is 0. The third kappa shape index (κ3) is 44.9. The van der Waals surface area contributed by atoms with Crippen LogP contribution in [0.3, 0.4) is 0 Å². The largest absolute Gasteiger partial charge is 0.103 e. The van der Waals surface area contributed by atoms with Gasteiger partial charge in [0.25, 0.3) is 0 Å². The van der Waals surface area contributed by atoms with Gasteiger partial charge < -0.3 is 0 Å². The predicted molar refractivity (Wildman–Crippen MR) is 129 cm³/mol. The standard InChI is InChI=1S/2C7H8.C3H6.2C2H6.3CH4.B.H2/c2*1-7-5-3-2-4-6-7;1-3-2;2*1-2;;;;;/h2*2-6H,1H3;3H,1H2,2H3;2*1-2H3;3*1H4;;1H/i;;;;;;;;;1+1. The molecule has 0 aliphatic carbocycles. The Balaban J connectivity index is -0.0000000272. The number of allylic oxidation sites excluding steroid dienone is 1. The van der Waals surface area contributed by atoms with Crippen LogP contribution in [-0.2, 0) is 0 Å². The van der Waals surface area contributed by atoms with E-state index in [2.05, 4.69) is 44.7 Å². The average molecular weight is 348 g/mol. The first-order valence-electron chi connectivity index (χ1n) is 7.81. The Labute approximate surface area is 165 Å². The zero-order valence-electron chi connectivity index (χ0n) is 15.6. The molecule has 0 aliphatic rings. The lowest BCUT2D eigenvalue weighted by Crippen LogP contribution is -1.62. The third-order valence-corrected chi connectivity index (χ3v) is 1.88. The van der Waals surface area contributed by atoms with Gasteiger partial charge in [-0.15, -0.1) is 6.58 Å². The summed E-state index contributed by atoms with van der Waals surface area (Å²) in [5, 5.41) is 0. The highest BCUT2D eigenvalue weighted by atomic mass is 13.8. The van der Waals surface area contributed by atoms with Gasteiger partial charge in [-0.2, -0.15) is 0 Å². The minimum Gasteiger partial charge on any atom is -0.103 e. The Morgan fingerprint density at radius 3 is 0.880 bits per heavy atom. The topological polar surface area (TPSA) is 0 Å². The summed E-state index contributed by atoms with van der Waals surface area (Å²) in [5.41, 5.74) is 2.64. The second kappa shape index (κ2) is 43.2. The Morgan fingerprint density at radius 1 is 0.640 bits per heavy atom. The smallest absolute Gasteiger partial charge is 0 e. The van der Waals surface area contributed by atoms with Crippen LogP contribution in [0.25, 0.3) is 0 Å². The van der Waals surface area contributed by atoms with E-state index in [0.717, 1.165) is 0 Å². The van der Waals surface area contributed by atoms with Crippen molar-refractivity contribution < 1.29 is 1.43 Å². The lowest BCUT2D eigenvalue weighted by Gasteiger charge is -1.82. The Morgan fingerprint density at radius 2 is 0.800 bits per heavy atom. The first-order chi connectivity index (χ1) is 10.2. The summed E-state index contributed by atoms with van der Waals surface area (Å²) in [4.78, 5) is 0. The first-order valence-corrected chi connectivity index (χ1v) is 7.81. The van der Waals surface area contributed by atoms with E-state index in [0.29, 0.717) is 0 Å². The molecule has 0 fully saturated rings. The second-order valence-corrected chi connectivity index (χ2v) is 3.72. The van der Waals surface area contributed by atoms with Gasteiger partial charge in [-0.3, -0.25) is 0 Å². The van der Waals surface area contributed by atoms with Crippen LogP contribution in [0, 0.1) is 13.8 Å². The molecule has 1 heteroatoms. The van der Waals surface area contributed by atoms with Crippen molar-refractivity contribution >= 4 is 8.41 Å². The van der Waals surface area contributed by atoms with Crippen LogP contribution in [0.15, 0.2) is 73.3 Å². The van der Waals surface area contributed by atoms with Crippen molar-refractivity contribution in [1.82, 2.24) is 0 Å². The quantitative estimate of drug-likeness (QED) is 0.329. The molecule has 25 heavy (non-hydrogen) atoms. The average Bonchev–Trinajstić information content (AvgIpc) is 2.54. The SMILES string of the molecule is C.C.C.C=CC.CC.CC.Cc1ccccc1.Cc1ccccc1.[2HH].[B]. The van der Waals surface area contributed by atoms with Crippen molar-refractivity contribution in [3.8, 4) is 0 Å². The Bertz CT molecular complexity index is 348. The van der Waals surface area contributed by atoms with Gasteiger partial charge in [-0.05, 0) is 20.8 Å². The molecular weight excluding hydrogens is 299 g/mol. The van der Waals surface area contributed by atoms with E-state index in [9.17, 15) is 0 Å². The predicted octanol–water partition coefficient (Wildman–Crippen LogP) is 9.01. The molecule has 147 valence electrons. The number of hydrogen-bond acceptors (Lipinski definition) is 0. The van der Waals surface area contributed by atoms with E-state index in [1.807, 2.05) is 71.0 Å². The second-order valence-electron chi connectivity index (χ2n) is 3.72. The third-order valence-electron chi connectivity index (χ3n) is 1.88. The van der Waals surface area contributed by atoms with Crippen LogP contribution in [0.2, 0.25) is 0 Å². The van der Waals surface area contributed by atoms with Crippen LogP contribution < -0.4 is 0 Å². The molecule has 0 N–H and O–H groups in total. The van der Waals surface area contributed by atoms with E-state index >= 15 is 0 Å². The number of benzene rings is 2. The van der Waals surface area contributed by atoms with Crippen LogP contribution >= 0.6 is 0 Å². The monoisotopic (exact) mass is 348 g/mol. The van der Waals surface area contributed by atoms with Crippen molar-refractivity contribution in [2.24, 2.45) is 0 Å². The first kappa shape index (κ1) is 43.6. The zero-order valence-corrected chi connectivity index (χ0v) is 15.6. The highest BCUT2D eigenvalue weighted by Gasteiger charge is 1.72. The minimum atomic E-state index is 0. The van der Waals surface area contributed by atoms with Crippen LogP contribution in [0.4, 0.5) is 0 Å². The van der Waals surface area contributed by atoms with Gasteiger partial charge in [0.15, 0.2) is 0 Å². The molecule has 0 saturated carbocycles. The fraction of sp³-hybridized carbons (Fsp3) is 0.417. The highest BCUT2D eigenvalue weighted by Crippen LogP contribution is 1.92. The van der Waals surface area contributed by atoms with Crippen LogP contribution in [0.5, 0.6) is 0 Å². The lowest BCUT2D eigenvalue weighted by molar-refractivity contribution is 1.48. The number of rotatable bonds is 0. The summed E-state index contributed by atoms with van der Waals surface area (Å²) < 4.78 is 0. The highest BCUT2D eigenvalue weighted by molar-refractivity contribution is 5.75. The molecule has 0 atom stereocenters. The molecular formula is C24H48B. The summed E-state index contributed by atoms with van der Waals surface area (Å²) in [5.74, 6) is 0. The van der Waals surface area contributed by atoms with E-state index < -0.39 is 0 Å². The number of aryl methyl sites for hydroxylation is 2. The zero-order chi connectivity index (χ0) is 16.9. The maximum absolute atomic E-state index is 3.36. The van der Waals surface area contributed by atoms with E-state index in [4.69, 9.17) is 0 Å². The Hall–Kier alpha value is -1.76. The van der Waals surface area contributed by atoms with E-state index in [1.54, 1.807) is 6.08 Å². The molecule has 0 heterocycles.